The van der Waals surface area contributed by atoms with Gasteiger partial charge in [0.2, 0.25) is 0 Å². The summed E-state index contributed by atoms with van der Waals surface area (Å²) in [7, 11) is 0. The molecular weight excluding hydrogens is 489 g/mol. The van der Waals surface area contributed by atoms with E-state index in [1.165, 1.54) is 12.5 Å². The number of rotatable bonds is 8. The number of amides is 2. The molecule has 0 saturated heterocycles. The smallest absolute Gasteiger partial charge is 0.408 e. The number of halogens is 1. The number of hydrogen-bond acceptors (Lipinski definition) is 6. The summed E-state index contributed by atoms with van der Waals surface area (Å²) in [5.41, 5.74) is 3.92. The summed E-state index contributed by atoms with van der Waals surface area (Å²) >= 11 is 2.03. The van der Waals surface area contributed by atoms with Gasteiger partial charge >= 0.3 is 6.09 Å². The predicted molar refractivity (Wildman–Crippen MR) is 113 cm³/mol. The number of alkyl carbamates (subject to hydrolysis) is 1. The fourth-order valence-corrected chi connectivity index (χ4v) is 2.80. The molecule has 0 bridgehead atoms. The van der Waals surface area contributed by atoms with Gasteiger partial charge in [0.15, 0.2) is 3.77 Å². The Morgan fingerprint density at radius 3 is 2.79 bits per heavy atom. The van der Waals surface area contributed by atoms with Crippen LogP contribution in [-0.2, 0) is 22.6 Å². The lowest BCUT2D eigenvalue weighted by molar-refractivity contribution is -0.123. The van der Waals surface area contributed by atoms with Gasteiger partial charge in [0.1, 0.15) is 18.4 Å². The van der Waals surface area contributed by atoms with Gasteiger partial charge in [-0.2, -0.15) is 5.10 Å². The Bertz CT molecular complexity index is 956. The zero-order chi connectivity index (χ0) is 20.5. The van der Waals surface area contributed by atoms with Crippen LogP contribution in [0.15, 0.2) is 64.5 Å². The molecule has 0 aliphatic carbocycles. The van der Waals surface area contributed by atoms with Crippen molar-refractivity contribution in [1.29, 1.82) is 0 Å². The van der Waals surface area contributed by atoms with E-state index in [1.54, 1.807) is 18.3 Å². The van der Waals surface area contributed by atoms with Gasteiger partial charge in [-0.25, -0.2) is 15.2 Å². The molecule has 2 amide bonds. The highest BCUT2D eigenvalue weighted by Crippen LogP contribution is 2.08. The molecule has 9 nitrogen and oxygen atoms in total. The molecule has 3 N–H and O–H groups in total. The van der Waals surface area contributed by atoms with E-state index in [1.807, 2.05) is 52.9 Å². The monoisotopic (exact) mass is 507 g/mol. The maximum atomic E-state index is 12.5. The van der Waals surface area contributed by atoms with Crippen molar-refractivity contribution in [2.24, 2.45) is 5.10 Å². The lowest BCUT2D eigenvalue weighted by atomic mass is 10.1. The highest BCUT2D eigenvalue weighted by atomic mass is 127. The number of carbonyl (C=O) groups excluding carboxylic acids is 2. The quantitative estimate of drug-likeness (QED) is 0.246. The predicted octanol–water partition coefficient (Wildman–Crippen LogP) is 2.60. The van der Waals surface area contributed by atoms with Crippen LogP contribution in [0.4, 0.5) is 4.79 Å². The molecule has 0 fully saturated rings. The van der Waals surface area contributed by atoms with Gasteiger partial charge in [-0.3, -0.25) is 4.79 Å². The number of hydrogen-bond donors (Lipinski definition) is 3. The van der Waals surface area contributed by atoms with Crippen molar-refractivity contribution in [3.05, 3.63) is 75.8 Å². The van der Waals surface area contributed by atoms with Gasteiger partial charge < -0.3 is 19.5 Å². The zero-order valence-electron chi connectivity index (χ0n) is 15.2. The fraction of sp³-hybridized carbons (Fsp3) is 0.158. The first-order valence-corrected chi connectivity index (χ1v) is 9.71. The van der Waals surface area contributed by atoms with Crippen LogP contribution in [-0.4, -0.2) is 34.2 Å². The molecule has 1 atom stereocenters. The van der Waals surface area contributed by atoms with Crippen LogP contribution in [0.1, 0.15) is 17.0 Å². The number of aromatic amines is 1. The molecule has 2 heterocycles. The number of ether oxygens (including phenoxy) is 1. The summed E-state index contributed by atoms with van der Waals surface area (Å²) in [5.74, 6) is -0.0104. The maximum Gasteiger partial charge on any atom is 0.408 e. The first-order valence-electron chi connectivity index (χ1n) is 8.63. The number of nitrogens with one attached hydrogen (secondary N) is 3. The Morgan fingerprint density at radius 2 is 2.10 bits per heavy atom. The Labute approximate surface area is 180 Å². The molecule has 150 valence electrons. The molecule has 0 saturated carbocycles. The van der Waals surface area contributed by atoms with E-state index in [4.69, 9.17) is 9.15 Å². The number of imidazole rings is 1. The SMILES string of the molecule is O=C(N[C@H](Cc1cnc[nH]1)C(=O)N/N=C\c1ccc(I)o1)OCc1ccccc1. The minimum Gasteiger partial charge on any atom is -0.449 e. The Kier molecular flexibility index (Phi) is 7.39. The summed E-state index contributed by atoms with van der Waals surface area (Å²) in [5, 5.41) is 6.42. The van der Waals surface area contributed by atoms with Crippen molar-refractivity contribution in [3.63, 3.8) is 0 Å². The van der Waals surface area contributed by atoms with E-state index in [9.17, 15) is 9.59 Å². The third kappa shape index (κ3) is 6.75. The largest absolute Gasteiger partial charge is 0.449 e. The Hall–Kier alpha value is -3.15. The number of H-pyrrole nitrogens is 1. The number of aromatic nitrogens is 2. The van der Waals surface area contributed by atoms with Crippen LogP contribution >= 0.6 is 22.6 Å². The highest BCUT2D eigenvalue weighted by molar-refractivity contribution is 14.1. The second-order valence-corrected chi connectivity index (χ2v) is 6.98. The van der Waals surface area contributed by atoms with Crippen molar-refractivity contribution in [2.45, 2.75) is 19.1 Å². The van der Waals surface area contributed by atoms with Crippen LogP contribution in [0, 0.1) is 3.77 Å². The van der Waals surface area contributed by atoms with Crippen LogP contribution in [0.2, 0.25) is 0 Å². The molecule has 2 aromatic heterocycles. The minimum absolute atomic E-state index is 0.0976. The third-order valence-corrected chi connectivity index (χ3v) is 4.34. The van der Waals surface area contributed by atoms with E-state index in [-0.39, 0.29) is 13.0 Å². The summed E-state index contributed by atoms with van der Waals surface area (Å²) in [6.07, 6.45) is 3.93. The molecule has 0 radical (unpaired) electrons. The number of hydrazone groups is 1. The molecular formula is C19H18IN5O4. The van der Waals surface area contributed by atoms with Crippen molar-refractivity contribution in [1.82, 2.24) is 20.7 Å². The fourth-order valence-electron chi connectivity index (χ4n) is 2.37. The Balaban J connectivity index is 1.58. The van der Waals surface area contributed by atoms with Gasteiger partial charge in [0.05, 0.1) is 12.5 Å². The summed E-state index contributed by atoms with van der Waals surface area (Å²) in [6, 6.07) is 11.8. The number of carbonyl (C=O) groups is 2. The maximum absolute atomic E-state index is 12.5. The second-order valence-electron chi connectivity index (χ2n) is 5.92. The molecule has 29 heavy (non-hydrogen) atoms. The normalized spacial score (nSPS) is 11.9. The van der Waals surface area contributed by atoms with E-state index in [0.29, 0.717) is 15.2 Å². The average Bonchev–Trinajstić information content (AvgIpc) is 3.38. The molecule has 1 aromatic carbocycles. The summed E-state index contributed by atoms with van der Waals surface area (Å²) in [4.78, 5) is 31.5. The standard InChI is InChI=1S/C19H18IN5O4/c20-17-7-6-15(29-17)10-23-25-18(26)16(8-14-9-21-12-22-14)24-19(27)28-11-13-4-2-1-3-5-13/h1-7,9-10,12,16H,8,11H2,(H,21,22)(H,24,27)(H,25,26)/b23-10-/t16-/m1/s1. The second kappa shape index (κ2) is 10.4. The van der Waals surface area contributed by atoms with Crippen LogP contribution in [0.3, 0.4) is 0 Å². The van der Waals surface area contributed by atoms with Crippen molar-refractivity contribution < 1.29 is 18.7 Å². The highest BCUT2D eigenvalue weighted by Gasteiger charge is 2.22. The van der Waals surface area contributed by atoms with Crippen molar-refractivity contribution >= 4 is 40.8 Å². The lowest BCUT2D eigenvalue weighted by Crippen LogP contribution is -2.47. The zero-order valence-corrected chi connectivity index (χ0v) is 17.3. The molecule has 3 aromatic rings. The molecule has 10 heteroatoms. The third-order valence-electron chi connectivity index (χ3n) is 3.76. The molecule has 0 aliphatic rings. The van der Waals surface area contributed by atoms with Gasteiger partial charge in [0.25, 0.3) is 5.91 Å². The average molecular weight is 507 g/mol. The van der Waals surface area contributed by atoms with Gasteiger partial charge in [-0.05, 0) is 40.3 Å². The van der Waals surface area contributed by atoms with Crippen LogP contribution in [0.25, 0.3) is 0 Å². The molecule has 0 unspecified atom stereocenters. The van der Waals surface area contributed by atoms with Gasteiger partial charge in [-0.1, -0.05) is 30.3 Å². The number of benzene rings is 1. The van der Waals surface area contributed by atoms with Crippen molar-refractivity contribution in [3.8, 4) is 0 Å². The first-order chi connectivity index (χ1) is 14.1. The van der Waals surface area contributed by atoms with E-state index >= 15 is 0 Å². The molecule has 3 rings (SSSR count). The topological polar surface area (TPSA) is 122 Å². The van der Waals surface area contributed by atoms with Gasteiger partial charge in [-0.15, -0.1) is 0 Å². The van der Waals surface area contributed by atoms with Crippen molar-refractivity contribution in [2.75, 3.05) is 0 Å². The molecule has 0 spiro atoms. The van der Waals surface area contributed by atoms with Gasteiger partial charge in [0, 0.05) is 18.3 Å². The van der Waals surface area contributed by atoms with Crippen LogP contribution < -0.4 is 10.7 Å². The van der Waals surface area contributed by atoms with E-state index in [0.717, 1.165) is 5.56 Å². The minimum atomic E-state index is -0.910. The van der Waals surface area contributed by atoms with E-state index < -0.39 is 18.0 Å². The first kappa shape index (κ1) is 20.6. The summed E-state index contributed by atoms with van der Waals surface area (Å²) < 4.78 is 11.2. The lowest BCUT2D eigenvalue weighted by Gasteiger charge is -2.16. The molecule has 0 aliphatic heterocycles. The number of furan rings is 1. The number of nitrogens with zero attached hydrogens (tertiary/aromatic N) is 2. The summed E-state index contributed by atoms with van der Waals surface area (Å²) in [6.45, 7) is 0.0976. The Morgan fingerprint density at radius 1 is 1.28 bits per heavy atom. The van der Waals surface area contributed by atoms with E-state index in [2.05, 4.69) is 25.8 Å². The van der Waals surface area contributed by atoms with Crippen LogP contribution in [0.5, 0.6) is 0 Å².